The largest absolute Gasteiger partial charge is 0.457 e. The fourth-order valence-corrected chi connectivity index (χ4v) is 12.3. The van der Waals surface area contributed by atoms with Crippen molar-refractivity contribution in [3.8, 4) is 0 Å². The summed E-state index contributed by atoms with van der Waals surface area (Å²) in [7, 11) is 5.30. The highest BCUT2D eigenvalue weighted by molar-refractivity contribution is 8.00. The van der Waals surface area contributed by atoms with Crippen LogP contribution >= 0.6 is 31.9 Å². The number of epoxide rings is 1. The number of anilines is 1. The Kier molecular flexibility index (Phi) is 21.4. The summed E-state index contributed by atoms with van der Waals surface area (Å²) < 4.78 is 23.9. The van der Waals surface area contributed by atoms with Crippen molar-refractivity contribution in [1.29, 1.82) is 0 Å². The van der Waals surface area contributed by atoms with Crippen molar-refractivity contribution in [2.24, 2.45) is 5.92 Å². The number of thioether (sulfide) groups is 1. The van der Waals surface area contributed by atoms with Gasteiger partial charge < -0.3 is 39.2 Å². The molecule has 3 saturated heterocycles. The van der Waals surface area contributed by atoms with Gasteiger partial charge in [0.25, 0.3) is 0 Å². The molecule has 10 atom stereocenters. The van der Waals surface area contributed by atoms with E-state index in [1.54, 1.807) is 33.0 Å². The van der Waals surface area contributed by atoms with E-state index in [9.17, 15) is 38.7 Å². The summed E-state index contributed by atoms with van der Waals surface area (Å²) in [6.07, 6.45) is 6.34. The fraction of sp³-hybridized carbons (Fsp3) is 0.679. The fourth-order valence-electron chi connectivity index (χ4n) is 9.62. The molecule has 4 aliphatic heterocycles. The maximum Gasteiger partial charge on any atom is 0.409 e. The highest BCUT2D eigenvalue weighted by Crippen LogP contribution is 2.49. The van der Waals surface area contributed by atoms with Crippen LogP contribution in [0.15, 0.2) is 35.9 Å². The van der Waals surface area contributed by atoms with Gasteiger partial charge in [-0.1, -0.05) is 75.6 Å². The number of halogens is 1. The van der Waals surface area contributed by atoms with Gasteiger partial charge in [-0.2, -0.15) is 0 Å². The van der Waals surface area contributed by atoms with Crippen LogP contribution < -0.4 is 15.5 Å². The van der Waals surface area contributed by atoms with Crippen molar-refractivity contribution in [1.82, 2.24) is 20.4 Å². The van der Waals surface area contributed by atoms with Gasteiger partial charge in [-0.15, -0.1) is 20.3 Å². The van der Waals surface area contributed by atoms with E-state index in [2.05, 4.69) is 31.4 Å². The Bertz CT molecular complexity index is 2260. The monoisotopic (exact) mass is 1080 g/mol. The number of allylic oxidation sites excluding steroid dienone is 3. The Morgan fingerprint density at radius 1 is 1.10 bits per heavy atom. The molecule has 2 unspecified atom stereocenters. The van der Waals surface area contributed by atoms with Gasteiger partial charge in [0.1, 0.15) is 30.0 Å². The molecule has 1 aromatic rings. The Balaban J connectivity index is 1.19. The van der Waals surface area contributed by atoms with Crippen molar-refractivity contribution in [2.75, 3.05) is 51.1 Å². The van der Waals surface area contributed by atoms with Crippen LogP contribution in [0.2, 0.25) is 5.02 Å². The number of fused-ring (bicyclic) bond motifs is 5. The first-order valence-corrected chi connectivity index (χ1v) is 28.3. The third-order valence-corrected chi connectivity index (χ3v) is 19.0. The van der Waals surface area contributed by atoms with Crippen LogP contribution in [0.5, 0.6) is 0 Å². The van der Waals surface area contributed by atoms with E-state index in [0.717, 1.165) is 44.3 Å². The molecule has 17 nitrogen and oxygen atoms in total. The first kappa shape index (κ1) is 59.8. The number of rotatable bonds is 20. The number of aryl methyl sites for hydroxylation is 1. The Morgan fingerprint density at radius 3 is 2.49 bits per heavy atom. The molecule has 0 radical (unpaired) electrons. The maximum absolute atomic E-state index is 14.3. The molecule has 4 heterocycles. The summed E-state index contributed by atoms with van der Waals surface area (Å²) in [5.41, 5.74) is -0.0857. The molecule has 406 valence electrons. The molecule has 0 saturated carbocycles. The van der Waals surface area contributed by atoms with Gasteiger partial charge >= 0.3 is 12.1 Å². The minimum Gasteiger partial charge on any atom is -0.457 e. The predicted octanol–water partition coefficient (Wildman–Crippen LogP) is 7.00. The zero-order valence-corrected chi connectivity index (χ0v) is 47.2. The van der Waals surface area contributed by atoms with E-state index in [1.165, 1.54) is 47.5 Å². The van der Waals surface area contributed by atoms with Crippen LogP contribution in [0, 0.1) is 12.8 Å². The third kappa shape index (κ3) is 15.3. The SMILES string of the molecule is CCC(C)(CC)PCCNC(=O)CCCCCN1C(=O)CC(SCCC(=O)N(C)[C@@H](C)C(=O)O[C@H]2CC(=O)N(C)c3cc(cc(C)c3Cl)C/C(C)=C/C=C/[C@@H](OC)[C@@]3(O)C[C@H](OC(=O)N3)[C@@H](C)[C@@H]3O[C@@]23C)C1=O. The normalized spacial score (nSPS) is 28.5. The Hall–Kier alpha value is -4.06. The van der Waals surface area contributed by atoms with Crippen LogP contribution in [0.4, 0.5) is 10.5 Å². The minimum atomic E-state index is -1.86. The van der Waals surface area contributed by atoms with Gasteiger partial charge in [-0.05, 0) is 88.3 Å². The number of hydrogen-bond donors (Lipinski definition) is 3. The molecule has 0 aromatic heterocycles. The molecule has 0 spiro atoms. The standard InChI is InChI=1S/C53H79ClN5O12PS/c1-12-51(7,13-2)72-24-22-55-42(60)20-15-14-16-23-59-45(63)29-39(48(59)64)73-25-21-43(61)57(9)35(6)49(65)70-41-30-44(62)58(10)37-28-36(27-33(4)46(37)54)26-32(3)18-17-19-40(68-11)53(67)31-38(69-50(66)56-53)34(5)47-52(41,8)71-47/h17-19,27-28,34-35,38-41,47,67,72H,12-16,20-26,29-31H2,1-11H3,(H,55,60)(H,56,66)/b19-17+,32-18+/t34-,35+,38+,39?,40-,41+,47+,52+,53+/m1/s1. The summed E-state index contributed by atoms with van der Waals surface area (Å²) in [6, 6.07) is 2.67. The zero-order valence-electron chi connectivity index (χ0n) is 44.6. The quantitative estimate of drug-likeness (QED) is 0.0395. The van der Waals surface area contributed by atoms with Crippen molar-refractivity contribution in [3.63, 3.8) is 0 Å². The molecule has 0 aliphatic carbocycles. The highest BCUT2D eigenvalue weighted by Gasteiger charge is 2.64. The number of ether oxygens (including phenoxy) is 4. The van der Waals surface area contributed by atoms with Crippen LogP contribution in [-0.4, -0.2) is 155 Å². The first-order chi connectivity index (χ1) is 34.4. The number of alkyl carbamates (subject to hydrolysis) is 1. The lowest BCUT2D eigenvalue weighted by molar-refractivity contribution is -0.162. The van der Waals surface area contributed by atoms with Crippen molar-refractivity contribution >= 4 is 79.2 Å². The van der Waals surface area contributed by atoms with E-state index >= 15 is 0 Å². The second-order valence-electron chi connectivity index (χ2n) is 20.6. The molecule has 4 bridgehead atoms. The average Bonchev–Trinajstić information content (AvgIpc) is 3.97. The second-order valence-corrected chi connectivity index (χ2v) is 24.3. The van der Waals surface area contributed by atoms with Gasteiger partial charge in [0.05, 0.1) is 28.5 Å². The summed E-state index contributed by atoms with van der Waals surface area (Å²) in [5, 5.41) is 17.5. The average molecular weight is 1080 g/mol. The van der Waals surface area contributed by atoms with E-state index < -0.39 is 76.8 Å². The number of carbonyl (C=O) groups is 7. The summed E-state index contributed by atoms with van der Waals surface area (Å²) in [6.45, 7) is 16.4. The molecule has 3 N–H and O–H groups in total. The molecule has 5 rings (SSSR count). The van der Waals surface area contributed by atoms with Crippen LogP contribution in [0.25, 0.3) is 0 Å². The van der Waals surface area contributed by atoms with Crippen molar-refractivity contribution < 1.29 is 57.6 Å². The topological polar surface area (TPSA) is 214 Å². The lowest BCUT2D eigenvalue weighted by Gasteiger charge is -2.42. The number of benzene rings is 1. The number of carbonyl (C=O) groups excluding carboxylic acids is 7. The van der Waals surface area contributed by atoms with Gasteiger partial charge in [0, 0.05) is 71.6 Å². The highest BCUT2D eigenvalue weighted by atomic mass is 35.5. The number of aliphatic hydroxyl groups is 1. The second kappa shape index (κ2) is 26.1. The third-order valence-electron chi connectivity index (χ3n) is 15.2. The van der Waals surface area contributed by atoms with E-state index in [4.69, 9.17) is 30.5 Å². The smallest absolute Gasteiger partial charge is 0.409 e. The molecule has 6 amide bonds. The zero-order chi connectivity index (χ0) is 54.0. The Morgan fingerprint density at radius 2 is 1.81 bits per heavy atom. The summed E-state index contributed by atoms with van der Waals surface area (Å²) in [5.74, 6) is -2.51. The molecule has 4 aliphatic rings. The van der Waals surface area contributed by atoms with Gasteiger partial charge in [-0.3, -0.25) is 34.2 Å². The van der Waals surface area contributed by atoms with Crippen LogP contribution in [0.3, 0.4) is 0 Å². The van der Waals surface area contributed by atoms with Gasteiger partial charge in [0.15, 0.2) is 5.72 Å². The summed E-state index contributed by atoms with van der Waals surface area (Å²) >= 11 is 8.05. The number of amides is 6. The number of methoxy groups -OCH3 is 1. The number of nitrogens with zero attached hydrogens (tertiary/aromatic N) is 3. The molecule has 3 fully saturated rings. The lowest BCUT2D eigenvalue weighted by Crippen LogP contribution is -2.63. The van der Waals surface area contributed by atoms with Crippen molar-refractivity contribution in [2.45, 2.75) is 178 Å². The molecular formula is C53H79ClN5O12PS. The predicted molar refractivity (Wildman–Crippen MR) is 285 cm³/mol. The molecule has 1 aromatic carbocycles. The molecule has 20 heteroatoms. The summed E-state index contributed by atoms with van der Waals surface area (Å²) in [4.78, 5) is 97.4. The van der Waals surface area contributed by atoms with E-state index in [0.29, 0.717) is 54.5 Å². The number of nitrogens with one attached hydrogen (secondary N) is 2. The Labute approximate surface area is 442 Å². The number of likely N-dealkylation sites (N-methyl/N-ethyl adjacent to an activating group) is 1. The minimum absolute atomic E-state index is 0.0175. The maximum atomic E-state index is 14.3. The van der Waals surface area contributed by atoms with E-state index in [1.807, 2.05) is 32.1 Å². The molecular weight excluding hydrogens is 997 g/mol. The first-order valence-electron chi connectivity index (χ1n) is 25.7. The lowest BCUT2D eigenvalue weighted by atomic mass is 9.83. The molecule has 73 heavy (non-hydrogen) atoms. The van der Waals surface area contributed by atoms with Crippen LogP contribution in [-0.2, 0) is 54.1 Å². The van der Waals surface area contributed by atoms with Gasteiger partial charge in [0.2, 0.25) is 29.5 Å². The van der Waals surface area contributed by atoms with E-state index in [-0.39, 0.29) is 55.7 Å². The van der Waals surface area contributed by atoms with Gasteiger partial charge in [-0.25, -0.2) is 9.59 Å². The number of likely N-dealkylation sites (tertiary alicyclic amines) is 1. The number of hydrogen-bond acceptors (Lipinski definition) is 13. The number of esters is 1. The number of unbranched alkanes of at least 4 members (excludes halogenated alkanes) is 2. The van der Waals surface area contributed by atoms with Crippen LogP contribution in [0.1, 0.15) is 124 Å². The van der Waals surface area contributed by atoms with Crippen molar-refractivity contribution in [3.05, 3.63) is 52.1 Å². The number of imide groups is 1.